The molecule has 0 spiro atoms. The molecule has 0 bridgehead atoms. The molecule has 28 nitrogen and oxygen atoms in total. The number of aliphatic carboxylic acids is 1. The summed E-state index contributed by atoms with van der Waals surface area (Å²) in [6.07, 6.45) is -0.496. The average molecular weight is 1700 g/mol. The molecule has 6 aromatic carbocycles. The van der Waals surface area contributed by atoms with Gasteiger partial charge in [-0.15, -0.1) is 0 Å². The van der Waals surface area contributed by atoms with Gasteiger partial charge < -0.3 is 54.9 Å². The van der Waals surface area contributed by atoms with Gasteiger partial charge in [-0.1, -0.05) is 209 Å². The standard InChI is InChI=1S/C41H56N6O5Si.C39H52N6O6Si.C11H21NO4/c1-26(40(3,4)5)39(51)47-25-32(45-46-42)24-36(47)38(50)44-35(23-29-15-18-30-13-11-12-14-31(30)21-29)37(49)43-34(27(2)48)22-28-16-19-33(20-17-28)52-53(9,10)41(6,7)8;1-25(46)32(21-26-15-18-31(19-16-26)51-52(8,9)39(5,6)7)41-35(47)33(22-27-14-17-28-12-10-11-13-29(28)20-27)42-36(48)34-23-30(43-44-40)24-45(34)37(49)50-38(2,3)4;1-10(2,3)7(8(13)14)12-9(15)16-11(4,5)6/h11-21,26,32,34-36H,22-25H2,1-10H3,(H,43,49)(H,44,50);10-20,30,32-34H,21-24H2,1-9H3,(H,41,47)(H,42,48);7H,1-6H3,(H,12,15)(H,13,14)/t26-,32+,34+,35+,36+;30-,32-,33-,34-;7-/m101/s1. The first kappa shape index (κ1) is 99.0. The van der Waals surface area contributed by atoms with E-state index in [-0.39, 0.29) is 84.6 Å². The summed E-state index contributed by atoms with van der Waals surface area (Å²) >= 11 is 0. The van der Waals surface area contributed by atoms with Crippen LogP contribution in [0.4, 0.5) is 9.59 Å². The predicted molar refractivity (Wildman–Crippen MR) is 477 cm³/mol. The Bertz CT molecular complexity index is 4770. The smallest absolute Gasteiger partial charge is 0.410 e. The van der Waals surface area contributed by atoms with E-state index in [4.69, 9.17) is 34.5 Å². The zero-order valence-corrected chi connectivity index (χ0v) is 77.4. The number of hydrogen-bond acceptors (Lipinski definition) is 16. The lowest BCUT2D eigenvalue weighted by Gasteiger charge is -2.36. The first-order valence-electron chi connectivity index (χ1n) is 41.2. The van der Waals surface area contributed by atoms with E-state index in [1.54, 1.807) is 62.3 Å². The molecule has 2 saturated heterocycles. The van der Waals surface area contributed by atoms with Gasteiger partial charge in [0.1, 0.15) is 52.9 Å². The summed E-state index contributed by atoms with van der Waals surface area (Å²) in [4.78, 5) is 140. The number of carbonyl (C=O) groups excluding carboxylic acids is 9. The zero-order chi connectivity index (χ0) is 90.9. The molecule has 0 radical (unpaired) electrons. The van der Waals surface area contributed by atoms with Crippen LogP contribution in [0.2, 0.25) is 36.3 Å². The van der Waals surface area contributed by atoms with Crippen molar-refractivity contribution < 1.29 is 71.4 Å². The second kappa shape index (κ2) is 41.2. The SMILES string of the molecule is CC(=O)[C@H](Cc1ccc(O[Si](C)(C)C(C)(C)C)cc1)NC(=O)[C@H](Cc1ccc2ccccc2c1)NC(=O)[C@@H]1C[C@H](N=[N+]=[N-])CN1C(=O)OC(C)(C)C.CC(=O)[C@H](Cc1ccc(O[Si](C)(C)C(C)(C)C)cc1)NC(=O)[C@H](Cc1ccc2ccccc2c1)NC(=O)[C@@H]1C[C@H](N=[N+]=[N-])CN1C(=O)[C@@H](C)C(C)(C)C.CC(C)(C)OC(=O)N[C@H](C(=O)O)C(C)(C)C. The molecule has 0 unspecified atom stereocenters. The van der Waals surface area contributed by atoms with Crippen molar-refractivity contribution in [3.05, 3.63) is 177 Å². The Morgan fingerprint density at radius 2 is 0.810 bits per heavy atom. The van der Waals surface area contributed by atoms with Crippen LogP contribution in [-0.2, 0) is 73.5 Å². The van der Waals surface area contributed by atoms with E-state index in [2.05, 4.69) is 114 Å². The Morgan fingerprint density at radius 3 is 1.14 bits per heavy atom. The molecular formula is C91H129N13O15Si2. The van der Waals surface area contributed by atoms with Crippen LogP contribution in [-0.4, -0.2) is 169 Å². The Labute approximate surface area is 715 Å². The van der Waals surface area contributed by atoms with Crippen LogP contribution in [0.1, 0.15) is 180 Å². The van der Waals surface area contributed by atoms with Crippen LogP contribution >= 0.6 is 0 Å². The van der Waals surface area contributed by atoms with Crippen molar-refractivity contribution in [1.29, 1.82) is 0 Å². The molecule has 656 valence electrons. The summed E-state index contributed by atoms with van der Waals surface area (Å²) in [5.41, 5.74) is 19.1. The third-order valence-electron chi connectivity index (χ3n) is 22.4. The predicted octanol–water partition coefficient (Wildman–Crippen LogP) is 16.8. The normalized spacial score (nSPS) is 17.3. The van der Waals surface area contributed by atoms with E-state index in [1.165, 1.54) is 23.6 Å². The fraction of sp³-hybridized carbons (Fsp3) is 0.538. The lowest BCUT2D eigenvalue weighted by atomic mass is 9.81. The molecule has 121 heavy (non-hydrogen) atoms. The minimum Gasteiger partial charge on any atom is -0.544 e. The van der Waals surface area contributed by atoms with Gasteiger partial charge >= 0.3 is 18.2 Å². The number of Topliss-reactive ketones (excluding diaryl/α,β-unsaturated/α-hetero) is 2. The number of carbonyl (C=O) groups is 10. The third-order valence-corrected chi connectivity index (χ3v) is 31.1. The second-order valence-corrected chi connectivity index (χ2v) is 48.3. The first-order chi connectivity index (χ1) is 55.9. The highest BCUT2D eigenvalue weighted by atomic mass is 28.4. The fourth-order valence-corrected chi connectivity index (χ4v) is 15.0. The highest BCUT2D eigenvalue weighted by Crippen LogP contribution is 2.40. The first-order valence-corrected chi connectivity index (χ1v) is 47.1. The monoisotopic (exact) mass is 1700 g/mol. The van der Waals surface area contributed by atoms with Crippen LogP contribution in [0.15, 0.2) is 144 Å². The number of likely N-dealkylation sites (tertiary alicyclic amines) is 2. The Kier molecular flexibility index (Phi) is 33.7. The second-order valence-electron chi connectivity index (χ2n) is 38.9. The van der Waals surface area contributed by atoms with Crippen molar-refractivity contribution in [2.75, 3.05) is 13.1 Å². The summed E-state index contributed by atoms with van der Waals surface area (Å²) < 4.78 is 23.4. The molecule has 2 heterocycles. The Balaban J connectivity index is 0.000000317. The van der Waals surface area contributed by atoms with Gasteiger partial charge in [0.15, 0.2) is 11.6 Å². The van der Waals surface area contributed by atoms with Gasteiger partial charge in [-0.05, 0) is 207 Å². The van der Waals surface area contributed by atoms with Crippen molar-refractivity contribution >= 4 is 97.4 Å². The molecule has 8 rings (SSSR count). The van der Waals surface area contributed by atoms with Gasteiger partial charge in [-0.2, -0.15) is 0 Å². The zero-order valence-electron chi connectivity index (χ0n) is 75.4. The van der Waals surface area contributed by atoms with Gasteiger partial charge in [0.05, 0.1) is 24.2 Å². The van der Waals surface area contributed by atoms with Crippen molar-refractivity contribution in [3.8, 4) is 11.5 Å². The molecule has 0 aliphatic carbocycles. The highest BCUT2D eigenvalue weighted by Gasteiger charge is 2.46. The van der Waals surface area contributed by atoms with Crippen LogP contribution in [0.3, 0.4) is 0 Å². The molecule has 0 aromatic heterocycles. The van der Waals surface area contributed by atoms with Gasteiger partial charge in [0, 0.05) is 41.7 Å². The number of carboxylic acids is 1. The van der Waals surface area contributed by atoms with Crippen LogP contribution in [0.5, 0.6) is 11.5 Å². The van der Waals surface area contributed by atoms with Gasteiger partial charge in [0.2, 0.25) is 46.2 Å². The van der Waals surface area contributed by atoms with Crippen LogP contribution in [0, 0.1) is 16.7 Å². The Morgan fingerprint density at radius 1 is 0.463 bits per heavy atom. The number of benzene rings is 6. The molecule has 2 aliphatic rings. The van der Waals surface area contributed by atoms with Gasteiger partial charge in [-0.3, -0.25) is 38.5 Å². The number of alkyl carbamates (subject to hydrolysis) is 1. The largest absolute Gasteiger partial charge is 0.544 e. The van der Waals surface area contributed by atoms with Crippen molar-refractivity contribution in [2.24, 2.45) is 27.0 Å². The van der Waals surface area contributed by atoms with Gasteiger partial charge in [0.25, 0.3) is 0 Å². The van der Waals surface area contributed by atoms with E-state index in [9.17, 15) is 47.9 Å². The number of carboxylic acid groups (broad SMARTS) is 1. The molecule has 2 aliphatic heterocycles. The lowest BCUT2D eigenvalue weighted by Crippen LogP contribution is -2.56. The van der Waals surface area contributed by atoms with E-state index in [1.807, 2.05) is 161 Å². The minimum absolute atomic E-state index is 0.00920. The van der Waals surface area contributed by atoms with E-state index < -0.39 is 135 Å². The van der Waals surface area contributed by atoms with E-state index in [0.29, 0.717) is 0 Å². The molecule has 0 saturated carbocycles. The fourth-order valence-electron chi connectivity index (χ4n) is 12.9. The summed E-state index contributed by atoms with van der Waals surface area (Å²) in [5, 5.41) is 34.6. The number of hydrogen-bond donors (Lipinski definition) is 6. The van der Waals surface area contributed by atoms with Crippen molar-refractivity contribution in [3.63, 3.8) is 0 Å². The minimum atomic E-state index is -2.04. The maximum atomic E-state index is 14.2. The number of amides is 7. The molecule has 6 aromatic rings. The molecule has 6 N–H and O–H groups in total. The van der Waals surface area contributed by atoms with Crippen LogP contribution in [0.25, 0.3) is 42.4 Å². The number of ether oxygens (including phenoxy) is 2. The van der Waals surface area contributed by atoms with Crippen LogP contribution < -0.4 is 35.4 Å². The third kappa shape index (κ3) is 29.8. The highest BCUT2D eigenvalue weighted by molar-refractivity contribution is 6.75. The summed E-state index contributed by atoms with van der Waals surface area (Å²) in [5.74, 6) is -2.84. The number of ketones is 2. The number of fused-ring (bicyclic) bond motifs is 2. The topological polar surface area (TPSA) is 392 Å². The van der Waals surface area contributed by atoms with Crippen molar-refractivity contribution in [2.45, 2.75) is 286 Å². The average Bonchev–Trinajstić information content (AvgIpc) is 1.64. The summed E-state index contributed by atoms with van der Waals surface area (Å²) in [7, 11) is -4.08. The van der Waals surface area contributed by atoms with Crippen molar-refractivity contribution in [1.82, 2.24) is 36.4 Å². The number of rotatable bonds is 27. The summed E-state index contributed by atoms with van der Waals surface area (Å²) in [6.45, 7) is 48.0. The molecule has 2 fully saturated rings. The maximum Gasteiger partial charge on any atom is 0.410 e. The molecule has 30 heteroatoms. The molecular weight excluding hydrogens is 1570 g/mol. The number of nitrogens with zero attached hydrogens (tertiary/aromatic N) is 8. The maximum absolute atomic E-state index is 14.2. The van der Waals surface area contributed by atoms with E-state index in [0.717, 1.165) is 55.3 Å². The molecule has 7 amide bonds. The number of azide groups is 2. The van der Waals surface area contributed by atoms with E-state index >= 15 is 0 Å². The Hall–Kier alpha value is -10.8. The quantitative estimate of drug-likeness (QED) is 0.0121. The van der Waals surface area contributed by atoms with Gasteiger partial charge in [-0.25, -0.2) is 14.4 Å². The lowest BCUT2D eigenvalue weighted by molar-refractivity contribution is -0.144. The number of nitrogens with one attached hydrogen (secondary N) is 5. The summed E-state index contributed by atoms with van der Waals surface area (Å²) in [6, 6.07) is 34.4. The molecule has 10 atom stereocenters.